The minimum Gasteiger partial charge on any atom is -0.493 e. The molecule has 2 aromatic rings. The summed E-state index contributed by atoms with van der Waals surface area (Å²) in [4.78, 5) is 12.5. The first-order chi connectivity index (χ1) is 13.1. The molecule has 6 nitrogen and oxygen atoms in total. The van der Waals surface area contributed by atoms with E-state index in [1.54, 1.807) is 18.4 Å². The molecule has 0 fully saturated rings. The molecular weight excluding hydrogens is 414 g/mol. The highest BCUT2D eigenvalue weighted by atomic mass is 79.9. The number of halogens is 1. The van der Waals surface area contributed by atoms with E-state index in [2.05, 4.69) is 15.9 Å². The van der Waals surface area contributed by atoms with Crippen molar-refractivity contribution in [3.63, 3.8) is 0 Å². The van der Waals surface area contributed by atoms with Crippen LogP contribution in [0.25, 0.3) is 17.2 Å². The Morgan fingerprint density at radius 3 is 2.74 bits per heavy atom. The number of fused-ring (bicyclic) bond motifs is 3. The zero-order chi connectivity index (χ0) is 19.1. The van der Waals surface area contributed by atoms with Crippen LogP contribution in [0, 0.1) is 17.2 Å². The lowest BCUT2D eigenvalue weighted by Crippen LogP contribution is -2.18. The van der Waals surface area contributed by atoms with Gasteiger partial charge in [-0.2, -0.15) is 5.26 Å². The number of hydrogen-bond donors (Lipinski definition) is 0. The van der Waals surface area contributed by atoms with Crippen LogP contribution < -0.4 is 15.1 Å². The number of methoxy groups -OCH3 is 2. The maximum Gasteiger partial charge on any atom is 0.354 e. The molecule has 136 valence electrons. The monoisotopic (exact) mass is 427 g/mol. The number of rotatable bonds is 3. The predicted molar refractivity (Wildman–Crippen MR) is 101 cm³/mol. The van der Waals surface area contributed by atoms with E-state index in [0.717, 1.165) is 0 Å². The van der Waals surface area contributed by atoms with Crippen molar-refractivity contribution in [2.45, 2.75) is 6.10 Å². The zero-order valence-corrected chi connectivity index (χ0v) is 16.1. The van der Waals surface area contributed by atoms with E-state index >= 15 is 0 Å². The molecule has 0 N–H and O–H groups in total. The van der Waals surface area contributed by atoms with E-state index < -0.39 is 11.7 Å². The van der Waals surface area contributed by atoms with Crippen molar-refractivity contribution in [1.82, 2.24) is 0 Å². The van der Waals surface area contributed by atoms with Gasteiger partial charge in [-0.15, -0.1) is 0 Å². The molecule has 4 rings (SSSR count). The average molecular weight is 428 g/mol. The molecule has 2 aliphatic rings. The summed E-state index contributed by atoms with van der Waals surface area (Å²) in [5.74, 6) is 1.41. The third-order valence-corrected chi connectivity index (χ3v) is 5.23. The molecule has 1 aliphatic carbocycles. The zero-order valence-electron chi connectivity index (χ0n) is 14.5. The van der Waals surface area contributed by atoms with Crippen LogP contribution in [0.1, 0.15) is 23.0 Å². The molecule has 1 aliphatic heterocycles. The van der Waals surface area contributed by atoms with Crippen LogP contribution in [0.15, 0.2) is 44.2 Å². The molecule has 7 heteroatoms. The standard InChI is InChI=1S/C20H14BrNO5/c1-24-15-8-11(7-14(21)19(15)25-2)16-12-4-3-10-5-6-26-17(10)18(12)27-20(23)13(16)9-22/h3-8,10,17H,1-2H3. The topological polar surface area (TPSA) is 81.7 Å². The van der Waals surface area contributed by atoms with Gasteiger partial charge in [0.2, 0.25) is 0 Å². The first-order valence-corrected chi connectivity index (χ1v) is 8.91. The number of nitrogens with zero attached hydrogens (tertiary/aromatic N) is 1. The van der Waals surface area contributed by atoms with Crippen molar-refractivity contribution in [1.29, 1.82) is 5.26 Å². The van der Waals surface area contributed by atoms with E-state index in [4.69, 9.17) is 18.6 Å². The lowest BCUT2D eigenvalue weighted by Gasteiger charge is -2.23. The van der Waals surface area contributed by atoms with Gasteiger partial charge in [-0.3, -0.25) is 0 Å². The van der Waals surface area contributed by atoms with Crippen LogP contribution in [0.3, 0.4) is 0 Å². The Hall–Kier alpha value is -2.98. The van der Waals surface area contributed by atoms with Crippen LogP contribution in [0.5, 0.6) is 11.5 Å². The van der Waals surface area contributed by atoms with Crippen molar-refractivity contribution in [3.8, 4) is 28.7 Å². The molecule has 0 saturated carbocycles. The molecular formula is C20H14BrNO5. The average Bonchev–Trinajstić information content (AvgIpc) is 3.15. The maximum atomic E-state index is 12.5. The number of ether oxygens (including phenoxy) is 3. The molecule has 1 aromatic heterocycles. The Kier molecular flexibility index (Phi) is 4.28. The lowest BCUT2D eigenvalue weighted by atomic mass is 9.86. The van der Waals surface area contributed by atoms with Gasteiger partial charge in [0.05, 0.1) is 25.0 Å². The van der Waals surface area contributed by atoms with Crippen LogP contribution in [0.4, 0.5) is 0 Å². The second-order valence-corrected chi connectivity index (χ2v) is 6.90. The highest BCUT2D eigenvalue weighted by Gasteiger charge is 2.35. The third kappa shape index (κ3) is 2.64. The highest BCUT2D eigenvalue weighted by molar-refractivity contribution is 9.10. The van der Waals surface area contributed by atoms with Gasteiger partial charge >= 0.3 is 5.63 Å². The molecule has 1 aromatic carbocycles. The Labute approximate surface area is 163 Å². The summed E-state index contributed by atoms with van der Waals surface area (Å²) in [5.41, 5.74) is 1.00. The Balaban J connectivity index is 2.03. The lowest BCUT2D eigenvalue weighted by molar-refractivity contribution is 0.120. The molecule has 27 heavy (non-hydrogen) atoms. The summed E-state index contributed by atoms with van der Waals surface area (Å²) in [5, 5.41) is 9.60. The summed E-state index contributed by atoms with van der Waals surface area (Å²) in [6, 6.07) is 5.49. The minimum atomic E-state index is -0.693. The second kappa shape index (κ2) is 6.63. The SMILES string of the molecule is COc1cc(-c2c3c(oc(=O)c2C#N)C2OC=CC2C=C3)cc(Br)c1OC. The van der Waals surface area contributed by atoms with Gasteiger partial charge in [0.1, 0.15) is 11.6 Å². The fourth-order valence-corrected chi connectivity index (χ4v) is 4.03. The molecule has 0 saturated heterocycles. The summed E-state index contributed by atoms with van der Waals surface area (Å²) in [7, 11) is 3.06. The molecule has 2 heterocycles. The van der Waals surface area contributed by atoms with Crippen LogP contribution in [0.2, 0.25) is 0 Å². The first-order valence-electron chi connectivity index (χ1n) is 8.12. The molecule has 0 radical (unpaired) electrons. The second-order valence-electron chi connectivity index (χ2n) is 6.04. The smallest absolute Gasteiger partial charge is 0.354 e. The van der Waals surface area contributed by atoms with Gasteiger partial charge in [0.25, 0.3) is 0 Å². The van der Waals surface area contributed by atoms with Gasteiger partial charge in [-0.1, -0.05) is 12.2 Å². The van der Waals surface area contributed by atoms with Gasteiger partial charge < -0.3 is 18.6 Å². The summed E-state index contributed by atoms with van der Waals surface area (Å²) >= 11 is 3.46. The summed E-state index contributed by atoms with van der Waals surface area (Å²) in [6.45, 7) is 0. The van der Waals surface area contributed by atoms with Gasteiger partial charge in [0, 0.05) is 17.0 Å². The third-order valence-electron chi connectivity index (χ3n) is 4.64. The molecule has 0 bridgehead atoms. The van der Waals surface area contributed by atoms with Crippen molar-refractivity contribution >= 4 is 22.0 Å². The van der Waals surface area contributed by atoms with Crippen molar-refractivity contribution in [3.05, 3.63) is 62.3 Å². The summed E-state index contributed by atoms with van der Waals surface area (Å²) < 4.78 is 22.5. The van der Waals surface area contributed by atoms with Gasteiger partial charge in [-0.05, 0) is 39.7 Å². The minimum absolute atomic E-state index is 0.00132. The van der Waals surface area contributed by atoms with Crippen LogP contribution >= 0.6 is 15.9 Å². The molecule has 2 atom stereocenters. The quantitative estimate of drug-likeness (QED) is 0.730. The first kappa shape index (κ1) is 17.4. The van der Waals surface area contributed by atoms with Crippen LogP contribution in [-0.2, 0) is 4.74 Å². The molecule has 2 unspecified atom stereocenters. The fraction of sp³-hybridized carbons (Fsp3) is 0.200. The van der Waals surface area contributed by atoms with E-state index in [-0.39, 0.29) is 11.5 Å². The highest BCUT2D eigenvalue weighted by Crippen LogP contribution is 2.45. The number of benzene rings is 1. The maximum absolute atomic E-state index is 12.5. The van der Waals surface area contributed by atoms with Gasteiger partial charge in [-0.25, -0.2) is 4.79 Å². The van der Waals surface area contributed by atoms with Crippen LogP contribution in [-0.4, -0.2) is 14.2 Å². The van der Waals surface area contributed by atoms with Crippen molar-refractivity contribution in [2.75, 3.05) is 14.2 Å². The largest absolute Gasteiger partial charge is 0.493 e. The van der Waals surface area contributed by atoms with E-state index in [0.29, 0.717) is 38.4 Å². The molecule has 0 amide bonds. The fourth-order valence-electron chi connectivity index (χ4n) is 3.43. The number of hydrogen-bond acceptors (Lipinski definition) is 6. The van der Waals surface area contributed by atoms with E-state index in [1.807, 2.05) is 24.3 Å². The van der Waals surface area contributed by atoms with E-state index in [9.17, 15) is 10.1 Å². The Morgan fingerprint density at radius 2 is 2.04 bits per heavy atom. The predicted octanol–water partition coefficient (Wildman–Crippen LogP) is 4.19. The normalized spacial score (nSPS) is 19.0. The Bertz CT molecular complexity index is 1090. The van der Waals surface area contributed by atoms with E-state index in [1.165, 1.54) is 14.2 Å². The summed E-state index contributed by atoms with van der Waals surface area (Å²) in [6.07, 6.45) is 6.91. The van der Waals surface area contributed by atoms with Crippen molar-refractivity contribution < 1.29 is 18.6 Å². The van der Waals surface area contributed by atoms with Crippen molar-refractivity contribution in [2.24, 2.45) is 5.92 Å². The Morgan fingerprint density at radius 1 is 1.22 bits per heavy atom. The van der Waals surface area contributed by atoms with Gasteiger partial charge in [0.15, 0.2) is 23.4 Å². The number of nitriles is 1. The molecule has 0 spiro atoms.